The zero-order valence-corrected chi connectivity index (χ0v) is 14.2. The highest BCUT2D eigenvalue weighted by Gasteiger charge is 2.24. The summed E-state index contributed by atoms with van der Waals surface area (Å²) in [6.07, 6.45) is 2.75. The molecule has 21 heavy (non-hydrogen) atoms. The first-order chi connectivity index (χ1) is 9.88. The van der Waals surface area contributed by atoms with Gasteiger partial charge in [-0.25, -0.2) is 0 Å². The van der Waals surface area contributed by atoms with E-state index in [2.05, 4.69) is 45.1 Å². The number of benzene rings is 1. The number of aliphatic hydroxyl groups is 1. The minimum absolute atomic E-state index is 0.0832. The van der Waals surface area contributed by atoms with E-state index in [-0.39, 0.29) is 17.6 Å². The Balaban J connectivity index is 2.58. The third-order valence-electron chi connectivity index (χ3n) is 4.26. The molecule has 1 aromatic carbocycles. The number of hydrogen-bond donors (Lipinski definition) is 2. The highest BCUT2D eigenvalue weighted by Crippen LogP contribution is 2.31. The molecule has 0 aliphatic heterocycles. The lowest BCUT2D eigenvalue weighted by Gasteiger charge is -2.30. The third-order valence-corrected chi connectivity index (χ3v) is 4.26. The Labute approximate surface area is 129 Å². The molecular weight excluding hydrogens is 262 g/mol. The number of nitrogens with one attached hydrogen (secondary N) is 1. The van der Waals surface area contributed by atoms with Crippen LogP contribution in [0.25, 0.3) is 0 Å². The van der Waals surface area contributed by atoms with Gasteiger partial charge in [-0.2, -0.15) is 0 Å². The molecule has 3 nitrogen and oxygen atoms in total. The molecule has 0 saturated carbocycles. The molecule has 0 bridgehead atoms. The molecule has 0 fully saturated rings. The summed E-state index contributed by atoms with van der Waals surface area (Å²) in [6, 6.07) is 8.25. The molecule has 0 radical (unpaired) electrons. The van der Waals surface area contributed by atoms with Crippen molar-refractivity contribution in [1.29, 1.82) is 0 Å². The minimum atomic E-state index is -0.174. The normalized spacial score (nSPS) is 14.8. The number of aliphatic hydroxyl groups excluding tert-OH is 1. The van der Waals surface area contributed by atoms with E-state index in [1.165, 1.54) is 5.56 Å². The smallest absolute Gasteiger partial charge is 0.123 e. The first-order valence-electron chi connectivity index (χ1n) is 7.90. The van der Waals surface area contributed by atoms with Crippen molar-refractivity contribution in [3.05, 3.63) is 29.8 Å². The van der Waals surface area contributed by atoms with E-state index in [0.717, 1.165) is 25.0 Å². The Morgan fingerprint density at radius 1 is 1.19 bits per heavy atom. The van der Waals surface area contributed by atoms with Gasteiger partial charge in [-0.1, -0.05) is 45.9 Å². The molecule has 0 aliphatic rings. The van der Waals surface area contributed by atoms with Gasteiger partial charge in [0.05, 0.1) is 13.2 Å². The van der Waals surface area contributed by atoms with Crippen LogP contribution < -0.4 is 10.1 Å². The molecule has 0 saturated heterocycles. The Morgan fingerprint density at radius 2 is 1.86 bits per heavy atom. The molecule has 0 heterocycles. The predicted molar refractivity (Wildman–Crippen MR) is 89.0 cm³/mol. The topological polar surface area (TPSA) is 41.5 Å². The molecule has 3 heteroatoms. The fourth-order valence-electron chi connectivity index (χ4n) is 2.55. The van der Waals surface area contributed by atoms with Gasteiger partial charge in [-0.3, -0.25) is 0 Å². The average Bonchev–Trinajstić information content (AvgIpc) is 2.48. The van der Waals surface area contributed by atoms with Crippen LogP contribution in [0.4, 0.5) is 0 Å². The van der Waals surface area contributed by atoms with E-state index in [1.807, 2.05) is 19.2 Å². The maximum atomic E-state index is 9.54. The van der Waals surface area contributed by atoms with Crippen LogP contribution in [0.2, 0.25) is 0 Å². The summed E-state index contributed by atoms with van der Waals surface area (Å²) in [5.41, 5.74) is 1.15. The molecular formula is C18H31NO2. The van der Waals surface area contributed by atoms with Crippen molar-refractivity contribution in [3.8, 4) is 5.75 Å². The van der Waals surface area contributed by atoms with Crippen LogP contribution in [0, 0.1) is 0 Å². The van der Waals surface area contributed by atoms with E-state index in [4.69, 9.17) is 4.74 Å². The lowest BCUT2D eigenvalue weighted by atomic mass is 9.86. The van der Waals surface area contributed by atoms with Crippen LogP contribution in [0.5, 0.6) is 5.75 Å². The molecule has 0 spiro atoms. The van der Waals surface area contributed by atoms with Gasteiger partial charge in [-0.05, 0) is 43.4 Å². The summed E-state index contributed by atoms with van der Waals surface area (Å²) in [5.74, 6) is 0.973. The second-order valence-corrected chi connectivity index (χ2v) is 6.74. The van der Waals surface area contributed by atoms with Crippen LogP contribution in [-0.4, -0.2) is 30.9 Å². The second-order valence-electron chi connectivity index (χ2n) is 6.74. The summed E-state index contributed by atoms with van der Waals surface area (Å²) in [4.78, 5) is 0. The molecule has 1 atom stereocenters. The van der Waals surface area contributed by atoms with Crippen LogP contribution in [0.3, 0.4) is 0 Å². The van der Waals surface area contributed by atoms with E-state index >= 15 is 0 Å². The van der Waals surface area contributed by atoms with Crippen LogP contribution in [0.1, 0.15) is 52.5 Å². The largest absolute Gasteiger partial charge is 0.493 e. The quantitative estimate of drug-likeness (QED) is 0.721. The summed E-state index contributed by atoms with van der Waals surface area (Å²) in [7, 11) is 1.91. The number of hydrogen-bond acceptors (Lipinski definition) is 3. The predicted octanol–water partition coefficient (Wildman–Crippen LogP) is 3.50. The molecule has 0 aliphatic carbocycles. The molecule has 1 unspecified atom stereocenters. The van der Waals surface area contributed by atoms with Gasteiger partial charge in [-0.15, -0.1) is 0 Å². The molecule has 1 rings (SSSR count). The monoisotopic (exact) mass is 293 g/mol. The number of likely N-dealkylation sites (N-methyl/N-ethyl adjacent to an activating group) is 1. The first kappa shape index (κ1) is 18.0. The van der Waals surface area contributed by atoms with Crippen molar-refractivity contribution in [1.82, 2.24) is 5.32 Å². The SMILES string of the molecule is CCC(CO)(CCCOc1ccccc1C(C)(C)C)NC. The second kappa shape index (κ2) is 7.81. The maximum Gasteiger partial charge on any atom is 0.123 e. The van der Waals surface area contributed by atoms with E-state index in [9.17, 15) is 5.11 Å². The zero-order valence-electron chi connectivity index (χ0n) is 14.2. The van der Waals surface area contributed by atoms with Crippen molar-refractivity contribution in [2.75, 3.05) is 20.3 Å². The molecule has 0 amide bonds. The Morgan fingerprint density at radius 3 is 2.38 bits per heavy atom. The van der Waals surface area contributed by atoms with Crippen molar-refractivity contribution < 1.29 is 9.84 Å². The molecule has 1 aromatic rings. The molecule has 0 aromatic heterocycles. The standard InChI is InChI=1S/C18H31NO2/c1-6-18(14-20,19-5)12-9-13-21-16-11-8-7-10-15(16)17(2,3)4/h7-8,10-11,19-20H,6,9,12-14H2,1-5H3. The maximum absolute atomic E-state index is 9.54. The van der Waals surface area contributed by atoms with Crippen LogP contribution >= 0.6 is 0 Å². The van der Waals surface area contributed by atoms with Crippen molar-refractivity contribution in [2.24, 2.45) is 0 Å². The van der Waals surface area contributed by atoms with Crippen molar-refractivity contribution in [2.45, 2.75) is 57.9 Å². The fourth-order valence-corrected chi connectivity index (χ4v) is 2.55. The lowest BCUT2D eigenvalue weighted by Crippen LogP contribution is -2.46. The van der Waals surface area contributed by atoms with E-state index in [0.29, 0.717) is 6.61 Å². The summed E-state index contributed by atoms with van der Waals surface area (Å²) in [6.45, 7) is 9.54. The van der Waals surface area contributed by atoms with E-state index in [1.54, 1.807) is 0 Å². The Kier molecular flexibility index (Phi) is 6.69. The first-order valence-corrected chi connectivity index (χ1v) is 7.90. The van der Waals surface area contributed by atoms with Gasteiger partial charge >= 0.3 is 0 Å². The minimum Gasteiger partial charge on any atom is -0.493 e. The number of para-hydroxylation sites is 1. The third kappa shape index (κ3) is 5.01. The molecule has 2 N–H and O–H groups in total. The summed E-state index contributed by atoms with van der Waals surface area (Å²) < 4.78 is 5.98. The van der Waals surface area contributed by atoms with Gasteiger partial charge in [0.25, 0.3) is 0 Å². The Bertz CT molecular complexity index is 411. The van der Waals surface area contributed by atoms with Crippen LogP contribution in [-0.2, 0) is 5.41 Å². The van der Waals surface area contributed by atoms with Gasteiger partial charge in [0.15, 0.2) is 0 Å². The van der Waals surface area contributed by atoms with Crippen LogP contribution in [0.15, 0.2) is 24.3 Å². The number of ether oxygens (including phenoxy) is 1. The van der Waals surface area contributed by atoms with E-state index < -0.39 is 0 Å². The zero-order chi connectivity index (χ0) is 15.9. The van der Waals surface area contributed by atoms with Gasteiger partial charge < -0.3 is 15.2 Å². The fraction of sp³-hybridized carbons (Fsp3) is 0.667. The highest BCUT2D eigenvalue weighted by atomic mass is 16.5. The van der Waals surface area contributed by atoms with Gasteiger partial charge in [0.2, 0.25) is 0 Å². The Hall–Kier alpha value is -1.06. The number of rotatable bonds is 8. The average molecular weight is 293 g/mol. The van der Waals surface area contributed by atoms with Crippen molar-refractivity contribution >= 4 is 0 Å². The molecule has 120 valence electrons. The van der Waals surface area contributed by atoms with Crippen molar-refractivity contribution in [3.63, 3.8) is 0 Å². The van der Waals surface area contributed by atoms with Gasteiger partial charge in [0, 0.05) is 5.54 Å². The van der Waals surface area contributed by atoms with Gasteiger partial charge in [0.1, 0.15) is 5.75 Å². The summed E-state index contributed by atoms with van der Waals surface area (Å²) in [5, 5.41) is 12.8. The highest BCUT2D eigenvalue weighted by molar-refractivity contribution is 5.38. The lowest BCUT2D eigenvalue weighted by molar-refractivity contribution is 0.145. The summed E-state index contributed by atoms with van der Waals surface area (Å²) >= 11 is 0.